The minimum absolute atomic E-state index is 0.110. The van der Waals surface area contributed by atoms with Crippen molar-refractivity contribution in [2.45, 2.75) is 17.5 Å². The molecule has 0 fully saturated rings. The molecule has 15 heteroatoms. The van der Waals surface area contributed by atoms with E-state index < -0.39 is 39.3 Å². The van der Waals surface area contributed by atoms with Gasteiger partial charge in [0.1, 0.15) is 11.6 Å². The second-order valence-electron chi connectivity index (χ2n) is 9.14. The van der Waals surface area contributed by atoms with Crippen LogP contribution >= 0.6 is 0 Å². The van der Waals surface area contributed by atoms with Crippen LogP contribution < -0.4 is 26.0 Å². The Bertz CT molecular complexity index is 1730. The number of fused-ring (bicyclic) bond motifs is 4. The largest absolute Gasteiger partial charge is 0.416 e. The van der Waals surface area contributed by atoms with E-state index in [1.165, 1.54) is 12.1 Å². The molecule has 10 nitrogen and oxygen atoms in total. The van der Waals surface area contributed by atoms with Gasteiger partial charge in [-0.05, 0) is 60.5 Å². The van der Waals surface area contributed by atoms with Gasteiger partial charge in [-0.1, -0.05) is 18.2 Å². The molecule has 3 aromatic carbocycles. The predicted molar refractivity (Wildman–Crippen MR) is 150 cm³/mol. The summed E-state index contributed by atoms with van der Waals surface area (Å²) < 4.78 is 80.5. The van der Waals surface area contributed by atoms with Gasteiger partial charge in [0.15, 0.2) is 0 Å². The lowest BCUT2D eigenvalue weighted by molar-refractivity contribution is -0.137. The fourth-order valence-electron chi connectivity index (χ4n) is 4.06. The third kappa shape index (κ3) is 6.75. The Labute approximate surface area is 237 Å². The van der Waals surface area contributed by atoms with E-state index in [9.17, 15) is 30.8 Å². The van der Waals surface area contributed by atoms with Crippen LogP contribution in [0, 0.1) is 5.82 Å². The summed E-state index contributed by atoms with van der Waals surface area (Å²) in [6.07, 6.45) is -2.64. The summed E-state index contributed by atoms with van der Waals surface area (Å²) in [5, 5.41) is 10.7. The lowest BCUT2D eigenvalue weighted by Gasteiger charge is -2.14. The fourth-order valence-corrected chi connectivity index (χ4v) is 5.18. The number of aromatic nitrogens is 2. The molecule has 1 aliphatic heterocycles. The first-order chi connectivity index (χ1) is 20.0. The summed E-state index contributed by atoms with van der Waals surface area (Å²) >= 11 is 0. The number of alkyl halides is 3. The molecule has 1 aliphatic rings. The Balaban J connectivity index is 1.33. The predicted octanol–water partition coefficient (Wildman–Crippen LogP) is 5.78. The highest BCUT2D eigenvalue weighted by atomic mass is 32.2. The molecule has 5 rings (SSSR count). The van der Waals surface area contributed by atoms with Gasteiger partial charge < -0.3 is 21.3 Å². The number of sulfonamides is 1. The smallest absolute Gasteiger partial charge is 0.369 e. The average Bonchev–Trinajstić information content (AvgIpc) is 2.94. The van der Waals surface area contributed by atoms with Crippen molar-refractivity contribution in [3.63, 3.8) is 0 Å². The number of hydrogen-bond donors (Lipinski definition) is 5. The molecule has 42 heavy (non-hydrogen) atoms. The van der Waals surface area contributed by atoms with Crippen LogP contribution in [0.25, 0.3) is 11.1 Å². The summed E-state index contributed by atoms with van der Waals surface area (Å²) in [5.41, 5.74) is 0.351. The van der Waals surface area contributed by atoms with Crippen LogP contribution in [0.4, 0.5) is 51.2 Å². The van der Waals surface area contributed by atoms with Gasteiger partial charge in [-0.25, -0.2) is 27.3 Å². The number of nitrogens with zero attached hydrogens (tertiary/aromatic N) is 2. The van der Waals surface area contributed by atoms with Crippen LogP contribution in [0.3, 0.4) is 0 Å². The number of urea groups is 1. The van der Waals surface area contributed by atoms with Crippen molar-refractivity contribution in [1.29, 1.82) is 0 Å². The maximum absolute atomic E-state index is 14.0. The Morgan fingerprint density at radius 2 is 1.74 bits per heavy atom. The van der Waals surface area contributed by atoms with Crippen LogP contribution in [-0.2, 0) is 16.2 Å². The number of amides is 2. The van der Waals surface area contributed by atoms with E-state index in [1.54, 1.807) is 42.6 Å². The zero-order chi connectivity index (χ0) is 29.9. The van der Waals surface area contributed by atoms with Crippen LogP contribution in [0.15, 0.2) is 77.8 Å². The number of halogens is 4. The molecule has 5 N–H and O–H groups in total. The molecular formula is C27H23F4N7O3S. The molecule has 0 atom stereocenters. The Hall–Kier alpha value is -4.76. The lowest BCUT2D eigenvalue weighted by atomic mass is 10.1. The van der Waals surface area contributed by atoms with Gasteiger partial charge in [0, 0.05) is 36.2 Å². The van der Waals surface area contributed by atoms with Crippen molar-refractivity contribution in [2.75, 3.05) is 34.4 Å². The molecule has 0 saturated heterocycles. The monoisotopic (exact) mass is 601 g/mol. The highest BCUT2D eigenvalue weighted by molar-refractivity contribution is 7.89. The molecular weight excluding hydrogens is 578 g/mol. The molecule has 1 aromatic heterocycles. The minimum Gasteiger partial charge on any atom is -0.369 e. The first-order valence-corrected chi connectivity index (χ1v) is 14.0. The van der Waals surface area contributed by atoms with Gasteiger partial charge in [0.05, 0.1) is 16.1 Å². The second-order valence-corrected chi connectivity index (χ2v) is 10.9. The van der Waals surface area contributed by atoms with Gasteiger partial charge in [0.25, 0.3) is 0 Å². The Kier molecular flexibility index (Phi) is 7.95. The maximum atomic E-state index is 14.0. The average molecular weight is 602 g/mol. The molecule has 2 heterocycles. The molecule has 218 valence electrons. The van der Waals surface area contributed by atoms with Crippen molar-refractivity contribution >= 4 is 44.9 Å². The third-order valence-corrected chi connectivity index (χ3v) is 7.58. The van der Waals surface area contributed by atoms with E-state index in [2.05, 4.69) is 36.0 Å². The number of benzene rings is 3. The van der Waals surface area contributed by atoms with E-state index in [0.717, 1.165) is 0 Å². The van der Waals surface area contributed by atoms with Gasteiger partial charge in [-0.3, -0.25) is 0 Å². The summed E-state index contributed by atoms with van der Waals surface area (Å²) in [6.45, 7) is 0.600. The van der Waals surface area contributed by atoms with Crippen LogP contribution in [0.5, 0.6) is 0 Å². The van der Waals surface area contributed by atoms with Gasteiger partial charge in [-0.15, -0.1) is 0 Å². The van der Waals surface area contributed by atoms with Crippen molar-refractivity contribution in [3.8, 4) is 11.1 Å². The van der Waals surface area contributed by atoms with Gasteiger partial charge >= 0.3 is 12.2 Å². The van der Waals surface area contributed by atoms with E-state index in [4.69, 9.17) is 0 Å². The molecule has 0 saturated carbocycles. The number of anilines is 5. The van der Waals surface area contributed by atoms with Crippen molar-refractivity contribution in [3.05, 3.63) is 84.3 Å². The summed E-state index contributed by atoms with van der Waals surface area (Å²) in [5.74, 6) is -0.304. The number of rotatable bonds is 3. The van der Waals surface area contributed by atoms with Gasteiger partial charge in [0.2, 0.25) is 16.0 Å². The SMILES string of the molecule is O=C(Nc1ccc(-c2cnc3nc2NCCCNS(=O)(=O)c2cccc(c2)N3)cc1)Nc1cc(C(F)(F)F)ccc1F. The van der Waals surface area contributed by atoms with E-state index in [1.807, 2.05) is 0 Å². The summed E-state index contributed by atoms with van der Waals surface area (Å²) in [6, 6.07) is 13.5. The summed E-state index contributed by atoms with van der Waals surface area (Å²) in [4.78, 5) is 21.4. The number of nitrogens with one attached hydrogen (secondary N) is 5. The standard InChI is InChI=1S/C27H23F4N7O3S/c28-22-10-7-17(27(29,30)31)13-23(22)37-26(39)36-18-8-5-16(6-9-18)21-15-33-25-35-19-3-1-4-20(14-19)42(40,41)34-12-2-11-32-24(21)38-25/h1,3-10,13-15,34H,2,11-12H2,(H2,36,37,39)(H2,32,33,35,38). The Morgan fingerprint density at radius 3 is 2.50 bits per heavy atom. The highest BCUT2D eigenvalue weighted by Crippen LogP contribution is 2.32. The molecule has 2 amide bonds. The molecule has 4 aromatic rings. The number of carbonyl (C=O) groups is 1. The van der Waals surface area contributed by atoms with Crippen molar-refractivity contribution in [1.82, 2.24) is 14.7 Å². The quantitative estimate of drug-likeness (QED) is 0.188. The van der Waals surface area contributed by atoms with Crippen LogP contribution in [0.1, 0.15) is 12.0 Å². The van der Waals surface area contributed by atoms with E-state index in [-0.39, 0.29) is 17.4 Å². The van der Waals surface area contributed by atoms with Crippen LogP contribution in [-0.4, -0.2) is 37.5 Å². The molecule has 0 aliphatic carbocycles. The zero-order valence-electron chi connectivity index (χ0n) is 21.6. The summed E-state index contributed by atoms with van der Waals surface area (Å²) in [7, 11) is -3.68. The van der Waals surface area contributed by atoms with E-state index in [0.29, 0.717) is 59.5 Å². The maximum Gasteiger partial charge on any atom is 0.416 e. The van der Waals surface area contributed by atoms with Crippen molar-refractivity contribution in [2.24, 2.45) is 0 Å². The minimum atomic E-state index is -4.69. The zero-order valence-corrected chi connectivity index (χ0v) is 22.4. The number of carbonyl (C=O) groups excluding carboxylic acids is 1. The molecule has 0 unspecified atom stereocenters. The number of hydrogen-bond acceptors (Lipinski definition) is 7. The highest BCUT2D eigenvalue weighted by Gasteiger charge is 2.31. The third-order valence-electron chi connectivity index (χ3n) is 6.12. The molecule has 0 spiro atoms. The first-order valence-electron chi connectivity index (χ1n) is 12.5. The van der Waals surface area contributed by atoms with Gasteiger partial charge in [-0.2, -0.15) is 18.2 Å². The van der Waals surface area contributed by atoms with Crippen LogP contribution in [0.2, 0.25) is 0 Å². The fraction of sp³-hybridized carbons (Fsp3) is 0.148. The normalized spacial score (nSPS) is 14.7. The Morgan fingerprint density at radius 1 is 0.952 bits per heavy atom. The van der Waals surface area contributed by atoms with Crippen molar-refractivity contribution < 1.29 is 30.8 Å². The van der Waals surface area contributed by atoms with E-state index >= 15 is 0 Å². The lowest BCUT2D eigenvalue weighted by Crippen LogP contribution is -2.26. The second kappa shape index (κ2) is 11.6. The topological polar surface area (TPSA) is 137 Å². The molecule has 4 bridgehead atoms. The first kappa shape index (κ1) is 28.8. The molecule has 0 radical (unpaired) electrons.